The number of rotatable bonds is 6. The highest BCUT2D eigenvalue weighted by atomic mass is 79.9. The van der Waals surface area contributed by atoms with Gasteiger partial charge in [-0.25, -0.2) is 4.98 Å². The molecule has 2 heterocycles. The summed E-state index contributed by atoms with van der Waals surface area (Å²) in [6.07, 6.45) is 4.48. The Hall–Kier alpha value is -1.92. The normalized spacial score (nSPS) is 10.7. The number of hydrogen-bond acceptors (Lipinski definition) is 3. The van der Waals surface area contributed by atoms with E-state index in [2.05, 4.69) is 42.9 Å². The van der Waals surface area contributed by atoms with Crippen LogP contribution in [0.5, 0.6) is 0 Å². The topological polar surface area (TPSA) is 46.9 Å². The van der Waals surface area contributed by atoms with E-state index in [1.807, 2.05) is 36.5 Å². The van der Waals surface area contributed by atoms with Gasteiger partial charge in [-0.3, -0.25) is 4.79 Å². The van der Waals surface area contributed by atoms with Gasteiger partial charge >= 0.3 is 0 Å². The Balaban J connectivity index is 1.55. The van der Waals surface area contributed by atoms with Crippen LogP contribution in [0.3, 0.4) is 0 Å². The average molecular weight is 390 g/mol. The van der Waals surface area contributed by atoms with Crippen molar-refractivity contribution in [3.8, 4) is 0 Å². The van der Waals surface area contributed by atoms with Crippen LogP contribution < -0.4 is 5.32 Å². The smallest absolute Gasteiger partial charge is 0.261 e. The number of halogens is 1. The molecule has 0 aliphatic rings. The summed E-state index contributed by atoms with van der Waals surface area (Å²) in [7, 11) is 0. The van der Waals surface area contributed by atoms with Crippen LogP contribution in [0.15, 0.2) is 58.6 Å². The first kappa shape index (κ1) is 16.0. The lowest BCUT2D eigenvalue weighted by Crippen LogP contribution is -2.25. The van der Waals surface area contributed by atoms with Crippen LogP contribution in [0.25, 0.3) is 0 Å². The minimum atomic E-state index is -0.0399. The summed E-state index contributed by atoms with van der Waals surface area (Å²) in [6, 6.07) is 14.0. The molecule has 118 valence electrons. The summed E-state index contributed by atoms with van der Waals surface area (Å²) in [5.41, 5.74) is 1.24. The predicted octanol–water partition coefficient (Wildman–Crippen LogP) is 3.73. The maximum atomic E-state index is 12.0. The fourth-order valence-corrected chi connectivity index (χ4v) is 3.61. The molecule has 0 bridgehead atoms. The maximum Gasteiger partial charge on any atom is 0.261 e. The van der Waals surface area contributed by atoms with Crippen molar-refractivity contribution in [3.05, 3.63) is 74.9 Å². The number of hydrogen-bond donors (Lipinski definition) is 1. The zero-order valence-corrected chi connectivity index (χ0v) is 14.8. The van der Waals surface area contributed by atoms with Crippen molar-refractivity contribution in [2.24, 2.45) is 0 Å². The molecule has 0 saturated heterocycles. The number of carbonyl (C=O) groups excluding carboxylic acids is 1. The van der Waals surface area contributed by atoms with Gasteiger partial charge in [0, 0.05) is 31.9 Å². The van der Waals surface area contributed by atoms with Crippen LogP contribution >= 0.6 is 27.3 Å². The van der Waals surface area contributed by atoms with Crippen LogP contribution in [-0.2, 0) is 13.0 Å². The zero-order chi connectivity index (χ0) is 16.1. The van der Waals surface area contributed by atoms with Crippen LogP contribution in [0, 0.1) is 0 Å². The first-order valence-corrected chi connectivity index (χ1v) is 8.91. The summed E-state index contributed by atoms with van der Waals surface area (Å²) >= 11 is 4.80. The number of amides is 1. The van der Waals surface area contributed by atoms with E-state index < -0.39 is 0 Å². The van der Waals surface area contributed by atoms with Crippen molar-refractivity contribution >= 4 is 33.2 Å². The van der Waals surface area contributed by atoms with E-state index in [4.69, 9.17) is 0 Å². The SMILES string of the molecule is O=C(NCCc1nccn1Cc1ccccc1)c1ccc(Br)s1. The van der Waals surface area contributed by atoms with Gasteiger partial charge in [0.25, 0.3) is 5.91 Å². The summed E-state index contributed by atoms with van der Waals surface area (Å²) < 4.78 is 3.07. The van der Waals surface area contributed by atoms with Crippen LogP contribution in [0.4, 0.5) is 0 Å². The van der Waals surface area contributed by atoms with E-state index >= 15 is 0 Å². The first-order valence-electron chi connectivity index (χ1n) is 7.30. The number of aromatic nitrogens is 2. The predicted molar refractivity (Wildman–Crippen MR) is 95.8 cm³/mol. The molecule has 1 N–H and O–H groups in total. The molecular formula is C17H16BrN3OS. The molecule has 1 amide bonds. The number of nitrogens with one attached hydrogen (secondary N) is 1. The van der Waals surface area contributed by atoms with E-state index in [1.165, 1.54) is 16.9 Å². The minimum Gasteiger partial charge on any atom is -0.351 e. The van der Waals surface area contributed by atoms with Gasteiger partial charge in [0.05, 0.1) is 8.66 Å². The minimum absolute atomic E-state index is 0.0399. The second kappa shape index (κ2) is 7.57. The molecule has 0 saturated carbocycles. The van der Waals surface area contributed by atoms with Crippen molar-refractivity contribution in [2.45, 2.75) is 13.0 Å². The molecular weight excluding hydrogens is 374 g/mol. The molecule has 0 atom stereocenters. The highest BCUT2D eigenvalue weighted by Gasteiger charge is 2.09. The van der Waals surface area contributed by atoms with E-state index in [0.717, 1.165) is 16.2 Å². The van der Waals surface area contributed by atoms with Gasteiger partial charge < -0.3 is 9.88 Å². The van der Waals surface area contributed by atoms with Gasteiger partial charge in [0.2, 0.25) is 0 Å². The van der Waals surface area contributed by atoms with Crippen molar-refractivity contribution < 1.29 is 4.79 Å². The molecule has 1 aromatic carbocycles. The van der Waals surface area contributed by atoms with Gasteiger partial charge in [0.15, 0.2) is 0 Å². The molecule has 2 aromatic heterocycles. The van der Waals surface area contributed by atoms with E-state index in [-0.39, 0.29) is 5.91 Å². The van der Waals surface area contributed by atoms with Gasteiger partial charge in [-0.2, -0.15) is 0 Å². The monoisotopic (exact) mass is 389 g/mol. The van der Waals surface area contributed by atoms with E-state index in [0.29, 0.717) is 17.8 Å². The molecule has 0 spiro atoms. The van der Waals surface area contributed by atoms with Crippen molar-refractivity contribution in [2.75, 3.05) is 6.54 Å². The second-order valence-electron chi connectivity index (χ2n) is 5.07. The van der Waals surface area contributed by atoms with Crippen LogP contribution in [0.1, 0.15) is 21.1 Å². The number of thiophene rings is 1. The molecule has 0 fully saturated rings. The molecule has 4 nitrogen and oxygen atoms in total. The molecule has 3 aromatic rings. The molecule has 0 unspecified atom stereocenters. The molecule has 3 rings (SSSR count). The number of nitrogens with zero attached hydrogens (tertiary/aromatic N) is 2. The Morgan fingerprint density at radius 1 is 1.22 bits per heavy atom. The second-order valence-corrected chi connectivity index (χ2v) is 7.53. The van der Waals surface area contributed by atoms with Gasteiger partial charge in [-0.15, -0.1) is 11.3 Å². The quantitative estimate of drug-likeness (QED) is 0.697. The summed E-state index contributed by atoms with van der Waals surface area (Å²) in [5.74, 6) is 0.934. The highest BCUT2D eigenvalue weighted by molar-refractivity contribution is 9.11. The van der Waals surface area contributed by atoms with Crippen LogP contribution in [0.2, 0.25) is 0 Å². The van der Waals surface area contributed by atoms with E-state index in [9.17, 15) is 4.79 Å². The fraction of sp³-hybridized carbons (Fsp3) is 0.176. The Kier molecular flexibility index (Phi) is 5.25. The highest BCUT2D eigenvalue weighted by Crippen LogP contribution is 2.21. The molecule has 0 aliphatic carbocycles. The number of benzene rings is 1. The van der Waals surface area contributed by atoms with Gasteiger partial charge in [0.1, 0.15) is 5.82 Å². The Bertz CT molecular complexity index is 782. The lowest BCUT2D eigenvalue weighted by Gasteiger charge is -2.08. The third kappa shape index (κ3) is 4.30. The number of carbonyl (C=O) groups is 1. The maximum absolute atomic E-state index is 12.0. The van der Waals surface area contributed by atoms with Crippen LogP contribution in [-0.4, -0.2) is 22.0 Å². The van der Waals surface area contributed by atoms with Crippen molar-refractivity contribution in [1.82, 2.24) is 14.9 Å². The molecule has 23 heavy (non-hydrogen) atoms. The molecule has 0 radical (unpaired) electrons. The standard InChI is InChI=1S/C17H16BrN3OS/c18-15-7-6-14(23-15)17(22)20-9-8-16-19-10-11-21(16)12-13-4-2-1-3-5-13/h1-7,10-11H,8-9,12H2,(H,20,22). The lowest BCUT2D eigenvalue weighted by atomic mass is 10.2. The van der Waals surface area contributed by atoms with Crippen molar-refractivity contribution in [3.63, 3.8) is 0 Å². The largest absolute Gasteiger partial charge is 0.351 e. The third-order valence-electron chi connectivity index (χ3n) is 3.43. The zero-order valence-electron chi connectivity index (χ0n) is 12.4. The average Bonchev–Trinajstić information content (AvgIpc) is 3.18. The molecule has 0 aliphatic heterocycles. The Morgan fingerprint density at radius 2 is 2.04 bits per heavy atom. The Morgan fingerprint density at radius 3 is 2.78 bits per heavy atom. The molecule has 6 heteroatoms. The third-order valence-corrected chi connectivity index (χ3v) is 5.05. The Labute approximate surface area is 147 Å². The van der Waals surface area contributed by atoms with Gasteiger partial charge in [-0.05, 0) is 33.6 Å². The summed E-state index contributed by atoms with van der Waals surface area (Å²) in [6.45, 7) is 1.36. The summed E-state index contributed by atoms with van der Waals surface area (Å²) in [4.78, 5) is 17.1. The first-order chi connectivity index (χ1) is 11.2. The number of imidazole rings is 1. The fourth-order valence-electron chi connectivity index (χ4n) is 2.30. The summed E-state index contributed by atoms with van der Waals surface area (Å²) in [5, 5.41) is 2.94. The van der Waals surface area contributed by atoms with E-state index in [1.54, 1.807) is 6.20 Å². The van der Waals surface area contributed by atoms with Gasteiger partial charge in [-0.1, -0.05) is 30.3 Å². The van der Waals surface area contributed by atoms with Crippen molar-refractivity contribution in [1.29, 1.82) is 0 Å². The lowest BCUT2D eigenvalue weighted by molar-refractivity contribution is 0.0958.